The second kappa shape index (κ2) is 3.81. The van der Waals surface area contributed by atoms with Crippen LogP contribution >= 0.6 is 0 Å². The van der Waals surface area contributed by atoms with E-state index in [0.717, 1.165) is 5.56 Å². The van der Waals surface area contributed by atoms with Crippen LogP contribution < -0.4 is 0 Å². The summed E-state index contributed by atoms with van der Waals surface area (Å²) in [5.74, 6) is 0.881. The SMILES string of the molecule is Cc1nc(-c2ccc(O)cc2)nc(C)c1O. The highest BCUT2D eigenvalue weighted by Gasteiger charge is 2.08. The molecule has 2 aromatic rings. The minimum atomic E-state index is 0.127. The molecule has 16 heavy (non-hydrogen) atoms. The van der Waals surface area contributed by atoms with Gasteiger partial charge in [0.15, 0.2) is 11.6 Å². The molecule has 0 aliphatic heterocycles. The molecule has 0 saturated carbocycles. The fourth-order valence-corrected chi connectivity index (χ4v) is 1.45. The summed E-state index contributed by atoms with van der Waals surface area (Å²) < 4.78 is 0. The highest BCUT2D eigenvalue weighted by Crippen LogP contribution is 2.23. The summed E-state index contributed by atoms with van der Waals surface area (Å²) in [7, 11) is 0. The molecule has 0 saturated heterocycles. The van der Waals surface area contributed by atoms with Crippen LogP contribution in [0.4, 0.5) is 0 Å². The van der Waals surface area contributed by atoms with Crippen LogP contribution in [0.1, 0.15) is 11.4 Å². The molecule has 2 N–H and O–H groups in total. The van der Waals surface area contributed by atoms with Crippen LogP contribution in [0.2, 0.25) is 0 Å². The van der Waals surface area contributed by atoms with Crippen molar-refractivity contribution in [1.82, 2.24) is 9.97 Å². The molecule has 4 nitrogen and oxygen atoms in total. The second-order valence-corrected chi connectivity index (χ2v) is 3.61. The summed E-state index contributed by atoms with van der Waals surface area (Å²) >= 11 is 0. The minimum absolute atomic E-state index is 0.127. The largest absolute Gasteiger partial charge is 0.508 e. The molecule has 1 aromatic heterocycles. The first-order chi connectivity index (χ1) is 7.58. The van der Waals surface area contributed by atoms with Crippen molar-refractivity contribution in [3.63, 3.8) is 0 Å². The molecule has 0 aliphatic rings. The van der Waals surface area contributed by atoms with Gasteiger partial charge < -0.3 is 10.2 Å². The quantitative estimate of drug-likeness (QED) is 0.766. The number of rotatable bonds is 1. The van der Waals surface area contributed by atoms with E-state index in [-0.39, 0.29) is 11.5 Å². The Balaban J connectivity index is 2.52. The zero-order valence-corrected chi connectivity index (χ0v) is 9.10. The summed E-state index contributed by atoms with van der Waals surface area (Å²) in [5, 5.41) is 18.7. The summed E-state index contributed by atoms with van der Waals surface area (Å²) in [6.07, 6.45) is 0. The van der Waals surface area contributed by atoms with E-state index >= 15 is 0 Å². The highest BCUT2D eigenvalue weighted by molar-refractivity contribution is 5.57. The fraction of sp³-hybridized carbons (Fsp3) is 0.167. The monoisotopic (exact) mass is 216 g/mol. The molecule has 2 rings (SSSR count). The van der Waals surface area contributed by atoms with Crippen LogP contribution in [0.25, 0.3) is 11.4 Å². The minimum Gasteiger partial charge on any atom is -0.508 e. The average Bonchev–Trinajstić information content (AvgIpc) is 2.26. The van der Waals surface area contributed by atoms with E-state index in [1.54, 1.807) is 38.1 Å². The van der Waals surface area contributed by atoms with E-state index in [1.165, 1.54) is 0 Å². The van der Waals surface area contributed by atoms with Crippen molar-refractivity contribution in [3.05, 3.63) is 35.7 Å². The summed E-state index contributed by atoms with van der Waals surface area (Å²) in [6.45, 7) is 3.46. The van der Waals surface area contributed by atoms with Crippen molar-refractivity contribution >= 4 is 0 Å². The molecule has 82 valence electrons. The average molecular weight is 216 g/mol. The molecule has 0 radical (unpaired) electrons. The van der Waals surface area contributed by atoms with Gasteiger partial charge in [0.05, 0.1) is 11.4 Å². The third-order valence-corrected chi connectivity index (χ3v) is 2.36. The van der Waals surface area contributed by atoms with Crippen molar-refractivity contribution in [3.8, 4) is 22.9 Å². The summed E-state index contributed by atoms with van der Waals surface area (Å²) in [6, 6.07) is 6.63. The number of nitrogens with zero attached hydrogens (tertiary/aromatic N) is 2. The third kappa shape index (κ3) is 1.82. The third-order valence-electron chi connectivity index (χ3n) is 2.36. The number of aromatic nitrogens is 2. The standard InChI is InChI=1S/C12H12N2O2/c1-7-11(16)8(2)14-12(13-7)9-3-5-10(15)6-4-9/h3-6,15-16H,1-2H3. The Morgan fingerprint density at radius 2 is 1.38 bits per heavy atom. The molecule has 0 bridgehead atoms. The fourth-order valence-electron chi connectivity index (χ4n) is 1.45. The van der Waals surface area contributed by atoms with Gasteiger partial charge in [0, 0.05) is 5.56 Å². The first-order valence-electron chi connectivity index (χ1n) is 4.91. The van der Waals surface area contributed by atoms with E-state index in [4.69, 9.17) is 0 Å². The molecule has 0 unspecified atom stereocenters. The van der Waals surface area contributed by atoms with E-state index in [1.807, 2.05) is 0 Å². The van der Waals surface area contributed by atoms with E-state index in [9.17, 15) is 10.2 Å². The Kier molecular flexibility index (Phi) is 2.48. The predicted octanol–water partition coefficient (Wildman–Crippen LogP) is 2.17. The first kappa shape index (κ1) is 10.4. The number of hydrogen-bond acceptors (Lipinski definition) is 4. The lowest BCUT2D eigenvalue weighted by molar-refractivity contribution is 0.459. The van der Waals surface area contributed by atoms with Crippen LogP contribution in [-0.2, 0) is 0 Å². The maximum atomic E-state index is 9.56. The number of aryl methyl sites for hydroxylation is 2. The van der Waals surface area contributed by atoms with Gasteiger partial charge in [-0.2, -0.15) is 0 Å². The molecule has 0 aliphatic carbocycles. The number of hydrogen-bond donors (Lipinski definition) is 2. The Labute approximate surface area is 93.2 Å². The van der Waals surface area contributed by atoms with Gasteiger partial charge in [-0.3, -0.25) is 0 Å². The number of phenols is 1. The Bertz CT molecular complexity index is 498. The van der Waals surface area contributed by atoms with Gasteiger partial charge in [-0.15, -0.1) is 0 Å². The molecule has 1 heterocycles. The lowest BCUT2D eigenvalue weighted by Crippen LogP contribution is -1.95. The van der Waals surface area contributed by atoms with Gasteiger partial charge in [-0.25, -0.2) is 9.97 Å². The van der Waals surface area contributed by atoms with Gasteiger partial charge >= 0.3 is 0 Å². The van der Waals surface area contributed by atoms with Crippen molar-refractivity contribution in [2.24, 2.45) is 0 Å². The van der Waals surface area contributed by atoms with Crippen LogP contribution in [-0.4, -0.2) is 20.2 Å². The Hall–Kier alpha value is -2.10. The van der Waals surface area contributed by atoms with Crippen molar-refractivity contribution in [2.75, 3.05) is 0 Å². The molecular formula is C12H12N2O2. The zero-order chi connectivity index (χ0) is 11.7. The summed E-state index contributed by atoms with van der Waals surface area (Å²) in [4.78, 5) is 8.38. The van der Waals surface area contributed by atoms with Gasteiger partial charge in [-0.1, -0.05) is 0 Å². The molecule has 0 spiro atoms. The smallest absolute Gasteiger partial charge is 0.159 e. The zero-order valence-electron chi connectivity index (χ0n) is 9.10. The normalized spacial score (nSPS) is 10.4. The van der Waals surface area contributed by atoms with E-state index in [0.29, 0.717) is 17.2 Å². The van der Waals surface area contributed by atoms with Gasteiger partial charge in [0.25, 0.3) is 0 Å². The second-order valence-electron chi connectivity index (χ2n) is 3.61. The van der Waals surface area contributed by atoms with Crippen LogP contribution in [0.5, 0.6) is 11.5 Å². The van der Waals surface area contributed by atoms with Crippen LogP contribution in [0, 0.1) is 13.8 Å². The Morgan fingerprint density at radius 1 is 0.875 bits per heavy atom. The van der Waals surface area contributed by atoms with Gasteiger partial charge in [0.1, 0.15) is 5.75 Å². The van der Waals surface area contributed by atoms with Crippen molar-refractivity contribution in [1.29, 1.82) is 0 Å². The lowest BCUT2D eigenvalue weighted by Gasteiger charge is -2.05. The Morgan fingerprint density at radius 3 is 1.88 bits per heavy atom. The van der Waals surface area contributed by atoms with E-state index < -0.39 is 0 Å². The lowest BCUT2D eigenvalue weighted by atomic mass is 10.2. The number of phenolic OH excluding ortho intramolecular Hbond substituents is 1. The molecular weight excluding hydrogens is 204 g/mol. The topological polar surface area (TPSA) is 66.2 Å². The van der Waals surface area contributed by atoms with E-state index in [2.05, 4.69) is 9.97 Å². The summed E-state index contributed by atoms with van der Waals surface area (Å²) in [5.41, 5.74) is 1.91. The predicted molar refractivity (Wildman–Crippen MR) is 60.3 cm³/mol. The molecule has 0 amide bonds. The maximum Gasteiger partial charge on any atom is 0.159 e. The molecule has 1 aromatic carbocycles. The first-order valence-corrected chi connectivity index (χ1v) is 4.91. The molecule has 4 heteroatoms. The van der Waals surface area contributed by atoms with Crippen LogP contribution in [0.15, 0.2) is 24.3 Å². The van der Waals surface area contributed by atoms with Gasteiger partial charge in [-0.05, 0) is 38.1 Å². The maximum absolute atomic E-state index is 9.56. The number of aromatic hydroxyl groups is 2. The molecule has 0 fully saturated rings. The number of benzene rings is 1. The van der Waals surface area contributed by atoms with Crippen molar-refractivity contribution in [2.45, 2.75) is 13.8 Å². The van der Waals surface area contributed by atoms with Crippen LogP contribution in [0.3, 0.4) is 0 Å². The molecule has 0 atom stereocenters. The highest BCUT2D eigenvalue weighted by atomic mass is 16.3. The van der Waals surface area contributed by atoms with Crippen molar-refractivity contribution < 1.29 is 10.2 Å². The van der Waals surface area contributed by atoms with Gasteiger partial charge in [0.2, 0.25) is 0 Å².